The summed E-state index contributed by atoms with van der Waals surface area (Å²) in [6.07, 6.45) is 0. The average Bonchev–Trinajstić information content (AvgIpc) is 2.15. The number of hydrogen-bond donors (Lipinski definition) is 2. The quantitative estimate of drug-likeness (QED) is 0.595. The van der Waals surface area contributed by atoms with E-state index in [2.05, 4.69) is 0 Å². The Morgan fingerprint density at radius 1 is 1.00 bits per heavy atom. The van der Waals surface area contributed by atoms with Crippen molar-refractivity contribution < 1.29 is 33.4 Å². The van der Waals surface area contributed by atoms with E-state index in [0.29, 0.717) is 12.1 Å². The summed E-state index contributed by atoms with van der Waals surface area (Å²) in [5.74, 6) is -8.44. The van der Waals surface area contributed by atoms with Crippen LogP contribution in [0.15, 0.2) is 12.1 Å². The molecule has 2 N–H and O–H groups in total. The topological polar surface area (TPSA) is 91.7 Å². The fourth-order valence-electron chi connectivity index (χ4n) is 1.02. The van der Waals surface area contributed by atoms with Gasteiger partial charge < -0.3 is 10.2 Å². The molecule has 84 valence electrons. The van der Waals surface area contributed by atoms with Crippen LogP contribution in [0.4, 0.5) is 8.78 Å². The number of carboxylic acid groups (broad SMARTS) is 2. The highest BCUT2D eigenvalue weighted by Crippen LogP contribution is 2.16. The number of carboxylic acids is 2. The molecule has 7 heteroatoms. The van der Waals surface area contributed by atoms with E-state index in [1.165, 1.54) is 0 Å². The summed E-state index contributed by atoms with van der Waals surface area (Å²) in [6.45, 7) is 0. The number of carbonyl (C=O) groups is 3. The molecule has 0 aliphatic carbocycles. The summed E-state index contributed by atoms with van der Waals surface area (Å²) in [5.41, 5.74) is -1.99. The normalized spacial score (nSPS) is 9.88. The molecule has 0 bridgehead atoms. The molecule has 0 heterocycles. The number of Topliss-reactive ketones (excluding diaryl/α,β-unsaturated/α-hetero) is 1. The third kappa shape index (κ3) is 2.02. The van der Waals surface area contributed by atoms with Crippen molar-refractivity contribution in [3.05, 3.63) is 34.9 Å². The van der Waals surface area contributed by atoms with Crippen molar-refractivity contribution in [1.82, 2.24) is 0 Å². The Balaban J connectivity index is 3.39. The van der Waals surface area contributed by atoms with Gasteiger partial charge in [-0.3, -0.25) is 4.79 Å². The van der Waals surface area contributed by atoms with Crippen molar-refractivity contribution in [2.24, 2.45) is 0 Å². The van der Waals surface area contributed by atoms with Gasteiger partial charge in [0, 0.05) is 0 Å². The molecule has 0 saturated heterocycles. The van der Waals surface area contributed by atoms with E-state index in [-0.39, 0.29) is 0 Å². The molecule has 0 spiro atoms. The molecular weight excluding hydrogens is 226 g/mol. The van der Waals surface area contributed by atoms with Crippen molar-refractivity contribution in [2.45, 2.75) is 0 Å². The molecule has 0 amide bonds. The zero-order valence-corrected chi connectivity index (χ0v) is 7.53. The third-order valence-electron chi connectivity index (χ3n) is 1.71. The van der Waals surface area contributed by atoms with Crippen LogP contribution < -0.4 is 0 Å². The van der Waals surface area contributed by atoms with Gasteiger partial charge in [0.2, 0.25) is 0 Å². The summed E-state index contributed by atoms with van der Waals surface area (Å²) in [6, 6.07) is 0.753. The third-order valence-corrected chi connectivity index (χ3v) is 1.71. The highest BCUT2D eigenvalue weighted by Gasteiger charge is 2.25. The van der Waals surface area contributed by atoms with Crippen LogP contribution in [0.1, 0.15) is 20.7 Å². The number of rotatable bonds is 3. The maximum Gasteiger partial charge on any atom is 0.377 e. The van der Waals surface area contributed by atoms with Crippen molar-refractivity contribution in [3.63, 3.8) is 0 Å². The average molecular weight is 230 g/mol. The molecular formula is C9H4F2O5. The van der Waals surface area contributed by atoms with E-state index in [9.17, 15) is 23.2 Å². The smallest absolute Gasteiger partial charge is 0.377 e. The lowest BCUT2D eigenvalue weighted by Crippen LogP contribution is -2.17. The molecule has 0 atom stereocenters. The number of aliphatic carboxylic acids is 1. The second-order valence-corrected chi connectivity index (χ2v) is 2.75. The predicted octanol–water partition coefficient (Wildman–Crippen LogP) is 0.930. The van der Waals surface area contributed by atoms with Crippen LogP contribution in [0.5, 0.6) is 0 Å². The lowest BCUT2D eigenvalue weighted by Gasteiger charge is -2.02. The standard InChI is InChI=1S/C9H4F2O5/c10-4-1-3(8(13)14)2-5(11)6(4)7(12)9(15)16/h1-2H,(H,13,14)(H,15,16). The van der Waals surface area contributed by atoms with E-state index in [1.54, 1.807) is 0 Å². The molecule has 0 aromatic heterocycles. The van der Waals surface area contributed by atoms with Gasteiger partial charge in [-0.25, -0.2) is 18.4 Å². The number of ketones is 1. The van der Waals surface area contributed by atoms with Crippen LogP contribution >= 0.6 is 0 Å². The van der Waals surface area contributed by atoms with Crippen LogP contribution in [0.25, 0.3) is 0 Å². The fraction of sp³-hybridized carbons (Fsp3) is 0. The molecule has 5 nitrogen and oxygen atoms in total. The summed E-state index contributed by atoms with van der Waals surface area (Å²) in [4.78, 5) is 31.4. The molecule has 0 unspecified atom stereocenters. The van der Waals surface area contributed by atoms with Gasteiger partial charge in [0.1, 0.15) is 17.2 Å². The number of carbonyl (C=O) groups excluding carboxylic acids is 1. The Morgan fingerprint density at radius 3 is 1.75 bits per heavy atom. The first-order valence-corrected chi connectivity index (χ1v) is 3.84. The highest BCUT2D eigenvalue weighted by molar-refractivity contribution is 6.40. The van der Waals surface area contributed by atoms with E-state index in [0.717, 1.165) is 0 Å². The van der Waals surface area contributed by atoms with Crippen LogP contribution in [-0.4, -0.2) is 27.9 Å². The van der Waals surface area contributed by atoms with Crippen molar-refractivity contribution in [3.8, 4) is 0 Å². The van der Waals surface area contributed by atoms with Crippen LogP contribution in [0.3, 0.4) is 0 Å². The molecule has 0 aliphatic heterocycles. The number of aromatic carboxylic acids is 1. The van der Waals surface area contributed by atoms with Gasteiger partial charge in [-0.2, -0.15) is 0 Å². The molecule has 0 aliphatic rings. The Hall–Kier alpha value is -2.31. The van der Waals surface area contributed by atoms with Gasteiger partial charge in [-0.15, -0.1) is 0 Å². The molecule has 0 fully saturated rings. The summed E-state index contributed by atoms with van der Waals surface area (Å²) in [7, 11) is 0. The van der Waals surface area contributed by atoms with Crippen LogP contribution in [0.2, 0.25) is 0 Å². The summed E-state index contributed by atoms with van der Waals surface area (Å²) < 4.78 is 26.2. The first kappa shape index (κ1) is 11.8. The van der Waals surface area contributed by atoms with Crippen LogP contribution in [0, 0.1) is 11.6 Å². The zero-order valence-electron chi connectivity index (χ0n) is 7.53. The molecule has 1 aromatic rings. The van der Waals surface area contributed by atoms with Gasteiger partial charge in [0.15, 0.2) is 0 Å². The molecule has 1 aromatic carbocycles. The van der Waals surface area contributed by atoms with Crippen molar-refractivity contribution in [2.75, 3.05) is 0 Å². The molecule has 1 rings (SSSR count). The van der Waals surface area contributed by atoms with Crippen LogP contribution in [-0.2, 0) is 4.79 Å². The maximum atomic E-state index is 13.1. The Kier molecular flexibility index (Phi) is 2.98. The van der Waals surface area contributed by atoms with Gasteiger partial charge in [-0.1, -0.05) is 0 Å². The van der Waals surface area contributed by atoms with E-state index < -0.39 is 40.5 Å². The number of benzene rings is 1. The largest absolute Gasteiger partial charge is 0.478 e. The minimum atomic E-state index is -2.03. The Morgan fingerprint density at radius 2 is 1.44 bits per heavy atom. The first-order chi connectivity index (χ1) is 7.34. The SMILES string of the molecule is O=C(O)C(=O)c1c(F)cc(C(=O)O)cc1F. The van der Waals surface area contributed by atoms with E-state index in [4.69, 9.17) is 10.2 Å². The molecule has 0 saturated carbocycles. The second kappa shape index (κ2) is 4.05. The summed E-state index contributed by atoms with van der Waals surface area (Å²) in [5, 5.41) is 16.7. The highest BCUT2D eigenvalue weighted by atomic mass is 19.1. The fourth-order valence-corrected chi connectivity index (χ4v) is 1.02. The summed E-state index contributed by atoms with van der Waals surface area (Å²) >= 11 is 0. The van der Waals surface area contributed by atoms with Gasteiger partial charge in [0.25, 0.3) is 5.78 Å². The van der Waals surface area contributed by atoms with Crippen molar-refractivity contribution >= 4 is 17.7 Å². The van der Waals surface area contributed by atoms with Gasteiger partial charge in [-0.05, 0) is 12.1 Å². The van der Waals surface area contributed by atoms with E-state index >= 15 is 0 Å². The minimum absolute atomic E-state index is 0.377. The molecule has 16 heavy (non-hydrogen) atoms. The Labute approximate surface area is 86.9 Å². The Bertz CT molecular complexity index is 472. The van der Waals surface area contributed by atoms with Gasteiger partial charge in [0.05, 0.1) is 5.56 Å². The van der Waals surface area contributed by atoms with Crippen molar-refractivity contribution in [1.29, 1.82) is 0 Å². The number of hydrogen-bond acceptors (Lipinski definition) is 3. The monoisotopic (exact) mass is 230 g/mol. The molecule has 0 radical (unpaired) electrons. The predicted molar refractivity (Wildman–Crippen MR) is 45.3 cm³/mol. The lowest BCUT2D eigenvalue weighted by atomic mass is 10.1. The van der Waals surface area contributed by atoms with E-state index in [1.807, 2.05) is 0 Å². The zero-order chi connectivity index (χ0) is 12.5. The first-order valence-electron chi connectivity index (χ1n) is 3.84. The minimum Gasteiger partial charge on any atom is -0.478 e. The number of halogens is 2. The van der Waals surface area contributed by atoms with Gasteiger partial charge >= 0.3 is 11.9 Å². The lowest BCUT2D eigenvalue weighted by molar-refractivity contribution is -0.131. The second-order valence-electron chi connectivity index (χ2n) is 2.75. The maximum absolute atomic E-state index is 13.1.